The fraction of sp³-hybridized carbons (Fsp3) is 0.300. The molecule has 0 unspecified atom stereocenters. The normalized spacial score (nSPS) is 19.1. The van der Waals surface area contributed by atoms with E-state index in [0.717, 1.165) is 22.2 Å². The molecule has 0 atom stereocenters. The number of H-pyrrole nitrogens is 1. The van der Waals surface area contributed by atoms with Crippen molar-refractivity contribution in [3.8, 4) is 11.3 Å². The van der Waals surface area contributed by atoms with Gasteiger partial charge in [0.1, 0.15) is 0 Å². The molecule has 0 spiro atoms. The lowest BCUT2D eigenvalue weighted by Gasteiger charge is -2.32. The van der Waals surface area contributed by atoms with Crippen LogP contribution in [0.5, 0.6) is 0 Å². The molecule has 1 aliphatic rings. The van der Waals surface area contributed by atoms with Gasteiger partial charge in [0, 0.05) is 16.6 Å². The maximum Gasteiger partial charge on any atom is 0.494 e. The van der Waals surface area contributed by atoms with E-state index in [2.05, 4.69) is 81.2 Å². The highest BCUT2D eigenvalue weighted by atomic mass is 16.7. The summed E-state index contributed by atoms with van der Waals surface area (Å²) in [6.45, 7) is 8.30. The van der Waals surface area contributed by atoms with Crippen molar-refractivity contribution in [1.82, 2.24) is 4.98 Å². The van der Waals surface area contributed by atoms with Crippen LogP contribution >= 0.6 is 0 Å². The summed E-state index contributed by atoms with van der Waals surface area (Å²) in [5.74, 6) is 0. The molecule has 24 heavy (non-hydrogen) atoms. The molecule has 3 aromatic rings. The van der Waals surface area contributed by atoms with Crippen LogP contribution < -0.4 is 5.46 Å². The van der Waals surface area contributed by atoms with E-state index >= 15 is 0 Å². The number of nitrogens with one attached hydrogen (secondary N) is 1. The number of hydrogen-bond donors (Lipinski definition) is 1. The zero-order valence-electron chi connectivity index (χ0n) is 14.6. The van der Waals surface area contributed by atoms with Crippen LogP contribution in [0.3, 0.4) is 0 Å². The van der Waals surface area contributed by atoms with Gasteiger partial charge >= 0.3 is 7.12 Å². The fourth-order valence-corrected chi connectivity index (χ4v) is 3.03. The third-order valence-corrected chi connectivity index (χ3v) is 5.28. The van der Waals surface area contributed by atoms with Crippen LogP contribution in [-0.2, 0) is 9.31 Å². The van der Waals surface area contributed by atoms with Crippen molar-refractivity contribution in [2.75, 3.05) is 0 Å². The van der Waals surface area contributed by atoms with Gasteiger partial charge in [-0.2, -0.15) is 0 Å². The lowest BCUT2D eigenvalue weighted by Crippen LogP contribution is -2.41. The molecule has 0 radical (unpaired) electrons. The first-order valence-corrected chi connectivity index (χ1v) is 8.39. The molecule has 4 heteroatoms. The second-order valence-electron chi connectivity index (χ2n) is 7.48. The van der Waals surface area contributed by atoms with Crippen molar-refractivity contribution in [1.29, 1.82) is 0 Å². The van der Waals surface area contributed by atoms with Crippen LogP contribution in [0.2, 0.25) is 0 Å². The smallest absolute Gasteiger partial charge is 0.399 e. The average Bonchev–Trinajstić information content (AvgIpc) is 3.06. The predicted octanol–water partition coefficient (Wildman–Crippen LogP) is 4.13. The van der Waals surface area contributed by atoms with Crippen molar-refractivity contribution < 1.29 is 9.31 Å². The highest BCUT2D eigenvalue weighted by molar-refractivity contribution is 6.62. The van der Waals surface area contributed by atoms with E-state index in [9.17, 15) is 0 Å². The van der Waals surface area contributed by atoms with Crippen LogP contribution in [0.15, 0.2) is 54.6 Å². The first-order valence-electron chi connectivity index (χ1n) is 8.39. The van der Waals surface area contributed by atoms with Crippen LogP contribution in [0.4, 0.5) is 0 Å². The highest BCUT2D eigenvalue weighted by Gasteiger charge is 2.51. The Hall–Kier alpha value is -2.04. The molecular formula is C20H22BNO2. The summed E-state index contributed by atoms with van der Waals surface area (Å²) >= 11 is 0. The molecule has 3 nitrogen and oxygen atoms in total. The van der Waals surface area contributed by atoms with Crippen molar-refractivity contribution in [3.63, 3.8) is 0 Å². The lowest BCUT2D eigenvalue weighted by atomic mass is 9.79. The van der Waals surface area contributed by atoms with Crippen LogP contribution in [0, 0.1) is 0 Å². The molecule has 1 fully saturated rings. The number of para-hydroxylation sites is 1. The topological polar surface area (TPSA) is 34.2 Å². The molecule has 0 bridgehead atoms. The number of fused-ring (bicyclic) bond motifs is 1. The summed E-state index contributed by atoms with van der Waals surface area (Å²) in [6, 6.07) is 18.9. The van der Waals surface area contributed by atoms with Gasteiger partial charge in [0.2, 0.25) is 0 Å². The maximum atomic E-state index is 6.11. The Morgan fingerprint density at radius 1 is 0.833 bits per heavy atom. The van der Waals surface area contributed by atoms with Gasteiger partial charge in [-0.05, 0) is 50.9 Å². The Kier molecular flexibility index (Phi) is 3.38. The van der Waals surface area contributed by atoms with Gasteiger partial charge in [0.25, 0.3) is 0 Å². The minimum Gasteiger partial charge on any atom is -0.399 e. The van der Waals surface area contributed by atoms with Gasteiger partial charge in [-0.15, -0.1) is 0 Å². The number of aromatic amines is 1. The highest BCUT2D eigenvalue weighted by Crippen LogP contribution is 2.36. The molecule has 2 aromatic carbocycles. The molecule has 1 saturated heterocycles. The summed E-state index contributed by atoms with van der Waals surface area (Å²) in [5, 5.41) is 1.22. The third kappa shape index (κ3) is 2.47. The zero-order valence-corrected chi connectivity index (χ0v) is 14.6. The predicted molar refractivity (Wildman–Crippen MR) is 99.5 cm³/mol. The van der Waals surface area contributed by atoms with Crippen molar-refractivity contribution in [2.45, 2.75) is 38.9 Å². The van der Waals surface area contributed by atoms with E-state index in [1.165, 1.54) is 5.39 Å². The van der Waals surface area contributed by atoms with Gasteiger partial charge < -0.3 is 14.3 Å². The molecule has 0 aliphatic carbocycles. The molecule has 4 rings (SSSR count). The van der Waals surface area contributed by atoms with Crippen molar-refractivity contribution in [3.05, 3.63) is 54.6 Å². The molecule has 1 aliphatic heterocycles. The monoisotopic (exact) mass is 319 g/mol. The molecule has 1 aromatic heterocycles. The summed E-state index contributed by atoms with van der Waals surface area (Å²) in [4.78, 5) is 3.46. The minimum atomic E-state index is -0.313. The van der Waals surface area contributed by atoms with Crippen molar-refractivity contribution >= 4 is 23.5 Å². The summed E-state index contributed by atoms with van der Waals surface area (Å²) < 4.78 is 12.2. The standard InChI is InChI=1S/C20H22BNO2/c1-19(2)20(3,4)24-21(23-19)16-11-9-14(10-12-16)18-13-15-7-5-6-8-17(15)22-18/h5-13,22H,1-4H3. The zero-order chi connectivity index (χ0) is 16.9. The van der Waals surface area contributed by atoms with Gasteiger partial charge in [-0.1, -0.05) is 42.5 Å². The number of rotatable bonds is 2. The summed E-state index contributed by atoms with van der Waals surface area (Å²) in [5.41, 5.74) is 3.86. The quantitative estimate of drug-likeness (QED) is 0.721. The van der Waals surface area contributed by atoms with E-state index < -0.39 is 0 Å². The molecule has 0 saturated carbocycles. The Morgan fingerprint density at radius 3 is 2.08 bits per heavy atom. The van der Waals surface area contributed by atoms with E-state index in [4.69, 9.17) is 9.31 Å². The second-order valence-corrected chi connectivity index (χ2v) is 7.48. The van der Waals surface area contributed by atoms with E-state index in [1.54, 1.807) is 0 Å². The van der Waals surface area contributed by atoms with E-state index in [1.807, 2.05) is 6.07 Å². The Labute approximate surface area is 143 Å². The maximum absolute atomic E-state index is 6.11. The largest absolute Gasteiger partial charge is 0.494 e. The Morgan fingerprint density at radius 2 is 1.46 bits per heavy atom. The number of benzene rings is 2. The lowest BCUT2D eigenvalue weighted by molar-refractivity contribution is 0.00578. The summed E-state index contributed by atoms with van der Waals surface area (Å²) in [6.07, 6.45) is 0. The van der Waals surface area contributed by atoms with Crippen LogP contribution in [-0.4, -0.2) is 23.3 Å². The second kappa shape index (κ2) is 5.23. The van der Waals surface area contributed by atoms with E-state index in [0.29, 0.717) is 0 Å². The Balaban J connectivity index is 1.61. The molecule has 1 N–H and O–H groups in total. The van der Waals surface area contributed by atoms with Gasteiger partial charge in [-0.3, -0.25) is 0 Å². The average molecular weight is 319 g/mol. The minimum absolute atomic E-state index is 0.312. The summed E-state index contributed by atoms with van der Waals surface area (Å²) in [7, 11) is -0.313. The van der Waals surface area contributed by atoms with E-state index in [-0.39, 0.29) is 18.3 Å². The molecule has 2 heterocycles. The van der Waals surface area contributed by atoms with Gasteiger partial charge in [0.05, 0.1) is 11.2 Å². The molecule has 0 amide bonds. The first-order chi connectivity index (χ1) is 11.4. The van der Waals surface area contributed by atoms with Crippen LogP contribution in [0.1, 0.15) is 27.7 Å². The van der Waals surface area contributed by atoms with Crippen LogP contribution in [0.25, 0.3) is 22.2 Å². The fourth-order valence-electron chi connectivity index (χ4n) is 3.03. The molecule has 122 valence electrons. The van der Waals surface area contributed by atoms with Gasteiger partial charge in [-0.25, -0.2) is 0 Å². The Bertz CT molecular complexity index is 831. The number of aromatic nitrogens is 1. The molecular weight excluding hydrogens is 297 g/mol. The third-order valence-electron chi connectivity index (χ3n) is 5.28. The van der Waals surface area contributed by atoms with Crippen molar-refractivity contribution in [2.24, 2.45) is 0 Å². The SMILES string of the molecule is CC1(C)OB(c2ccc(-c3cc4ccccc4[nH]3)cc2)OC1(C)C. The first kappa shape index (κ1) is 15.5. The van der Waals surface area contributed by atoms with Gasteiger partial charge in [0.15, 0.2) is 0 Å². The number of hydrogen-bond acceptors (Lipinski definition) is 2.